The predicted molar refractivity (Wildman–Crippen MR) is 132 cm³/mol. The summed E-state index contributed by atoms with van der Waals surface area (Å²) in [6.07, 6.45) is 7.57. The molecule has 0 radical (unpaired) electrons. The molecule has 3 aliphatic rings. The summed E-state index contributed by atoms with van der Waals surface area (Å²) in [6, 6.07) is -1.62. The maximum absolute atomic E-state index is 14.0. The summed E-state index contributed by atoms with van der Waals surface area (Å²) in [5.41, 5.74) is -1.94. The Morgan fingerprint density at radius 3 is 2.54 bits per heavy atom. The van der Waals surface area contributed by atoms with E-state index >= 15 is 0 Å². The van der Waals surface area contributed by atoms with Crippen LogP contribution in [0.25, 0.3) is 0 Å². The van der Waals surface area contributed by atoms with Gasteiger partial charge in [0.05, 0.1) is 30.8 Å². The number of unbranched alkanes of at least 4 members (excludes halogenated alkanes) is 2. The minimum absolute atomic E-state index is 0.118. The number of allylic oxidation sites excluding steroid dienone is 1. The van der Waals surface area contributed by atoms with Crippen LogP contribution in [0.5, 0.6) is 0 Å². The summed E-state index contributed by atoms with van der Waals surface area (Å²) in [4.78, 5) is 44.6. The van der Waals surface area contributed by atoms with Gasteiger partial charge in [-0.3, -0.25) is 14.4 Å². The Morgan fingerprint density at radius 1 is 1.26 bits per heavy atom. The standard InChI is InChI=1S/C27H42N2O6/c1-7-10-11-12-16-34-25(33)21-20-23(31)29(19(6)17-30)22(24(32)28(15-8-2)18(4)5)27(20)14-13-26(21,9-3)35-27/h7-8,18-22,30H,1-2,9-17H2,3-6H3/t19-,20+,21-,22?,26+,27?/m1/s1. The average molecular weight is 491 g/mol. The Balaban J connectivity index is 2.00. The van der Waals surface area contributed by atoms with Gasteiger partial charge in [-0.25, -0.2) is 0 Å². The van der Waals surface area contributed by atoms with Gasteiger partial charge in [-0.05, 0) is 59.3 Å². The number of carbonyl (C=O) groups is 3. The van der Waals surface area contributed by atoms with Crippen molar-refractivity contribution in [2.45, 2.75) is 95.5 Å². The first-order valence-corrected chi connectivity index (χ1v) is 13.0. The zero-order valence-electron chi connectivity index (χ0n) is 21.7. The Hall–Kier alpha value is -2.19. The van der Waals surface area contributed by atoms with Crippen LogP contribution in [-0.4, -0.2) is 81.8 Å². The molecule has 3 saturated heterocycles. The number of amides is 2. The molecule has 0 aliphatic carbocycles. The number of rotatable bonds is 13. The molecule has 2 amide bonds. The number of ether oxygens (including phenoxy) is 2. The third kappa shape index (κ3) is 4.44. The highest BCUT2D eigenvalue weighted by atomic mass is 16.6. The van der Waals surface area contributed by atoms with Gasteiger partial charge in [-0.2, -0.15) is 0 Å². The van der Waals surface area contributed by atoms with E-state index in [1.165, 1.54) is 4.90 Å². The van der Waals surface area contributed by atoms with Gasteiger partial charge >= 0.3 is 5.97 Å². The molecule has 3 fully saturated rings. The number of esters is 1. The average Bonchev–Trinajstić information content (AvgIpc) is 3.44. The maximum atomic E-state index is 14.0. The van der Waals surface area contributed by atoms with Crippen molar-refractivity contribution in [2.24, 2.45) is 11.8 Å². The largest absolute Gasteiger partial charge is 0.465 e. The van der Waals surface area contributed by atoms with Crippen LogP contribution in [-0.2, 0) is 23.9 Å². The quantitative estimate of drug-likeness (QED) is 0.242. The third-order valence-corrected chi connectivity index (χ3v) is 8.12. The number of hydrogen-bond acceptors (Lipinski definition) is 6. The predicted octanol–water partition coefficient (Wildman–Crippen LogP) is 2.84. The first kappa shape index (κ1) is 27.4. The number of hydrogen-bond donors (Lipinski definition) is 1. The lowest BCUT2D eigenvalue weighted by molar-refractivity contribution is -0.163. The lowest BCUT2D eigenvalue weighted by atomic mass is 9.65. The van der Waals surface area contributed by atoms with E-state index in [9.17, 15) is 19.5 Å². The smallest absolute Gasteiger partial charge is 0.312 e. The van der Waals surface area contributed by atoms with Gasteiger partial charge in [-0.15, -0.1) is 13.2 Å². The van der Waals surface area contributed by atoms with Crippen LogP contribution in [0.1, 0.15) is 66.2 Å². The van der Waals surface area contributed by atoms with Crippen LogP contribution in [0.2, 0.25) is 0 Å². The topological polar surface area (TPSA) is 96.4 Å². The molecular weight excluding hydrogens is 448 g/mol. The summed E-state index contributed by atoms with van der Waals surface area (Å²) in [5.74, 6) is -2.55. The first-order chi connectivity index (χ1) is 16.7. The van der Waals surface area contributed by atoms with E-state index in [4.69, 9.17) is 9.47 Å². The lowest BCUT2D eigenvalue weighted by Crippen LogP contribution is -2.59. The van der Waals surface area contributed by atoms with Gasteiger partial charge in [0, 0.05) is 12.6 Å². The van der Waals surface area contributed by atoms with E-state index in [0.29, 0.717) is 32.2 Å². The number of aliphatic hydroxyl groups excluding tert-OH is 1. The Labute approximate surface area is 209 Å². The molecule has 8 nitrogen and oxygen atoms in total. The summed E-state index contributed by atoms with van der Waals surface area (Å²) in [7, 11) is 0. The zero-order valence-corrected chi connectivity index (χ0v) is 21.7. The Morgan fingerprint density at radius 2 is 1.97 bits per heavy atom. The number of fused-ring (bicyclic) bond motifs is 1. The Bertz CT molecular complexity index is 844. The van der Waals surface area contributed by atoms with Crippen molar-refractivity contribution in [1.82, 2.24) is 9.80 Å². The SMILES string of the molecule is C=CCCCCOC(=O)[C@H]1[C@H]2C(=O)N([C@H](C)CO)C(C(=O)N(CC=C)C(C)C)C23CC[C@]1(CC)O3. The second kappa shape index (κ2) is 10.8. The number of nitrogens with zero attached hydrogens (tertiary/aromatic N) is 2. The molecule has 0 aromatic carbocycles. The summed E-state index contributed by atoms with van der Waals surface area (Å²) in [5, 5.41) is 9.98. The van der Waals surface area contributed by atoms with Crippen molar-refractivity contribution >= 4 is 17.8 Å². The molecule has 3 rings (SSSR count). The molecule has 1 spiro atoms. The highest BCUT2D eigenvalue weighted by Crippen LogP contribution is 2.64. The van der Waals surface area contributed by atoms with Gasteiger partial charge in [-0.1, -0.05) is 19.1 Å². The fourth-order valence-corrected chi connectivity index (χ4v) is 6.36. The second-order valence-corrected chi connectivity index (χ2v) is 10.4. The fourth-order valence-electron chi connectivity index (χ4n) is 6.36. The molecule has 3 heterocycles. The lowest BCUT2D eigenvalue weighted by Gasteiger charge is -2.39. The molecule has 35 heavy (non-hydrogen) atoms. The zero-order chi connectivity index (χ0) is 26.0. The first-order valence-electron chi connectivity index (χ1n) is 13.0. The van der Waals surface area contributed by atoms with Crippen molar-refractivity contribution < 1.29 is 29.0 Å². The molecule has 1 N–H and O–H groups in total. The van der Waals surface area contributed by atoms with Gasteiger partial charge in [0.1, 0.15) is 17.6 Å². The molecule has 2 unspecified atom stereocenters. The summed E-state index contributed by atoms with van der Waals surface area (Å²) < 4.78 is 12.4. The highest BCUT2D eigenvalue weighted by molar-refractivity contribution is 5.98. The maximum Gasteiger partial charge on any atom is 0.312 e. The molecular formula is C27H42N2O6. The van der Waals surface area contributed by atoms with Crippen LogP contribution >= 0.6 is 0 Å². The monoisotopic (exact) mass is 490 g/mol. The minimum Gasteiger partial charge on any atom is -0.465 e. The number of aliphatic hydroxyl groups is 1. The number of likely N-dealkylation sites (tertiary alicyclic amines) is 1. The van der Waals surface area contributed by atoms with Crippen LogP contribution in [0, 0.1) is 11.8 Å². The van der Waals surface area contributed by atoms with E-state index in [-0.39, 0.29) is 31.1 Å². The molecule has 0 aromatic rings. The highest BCUT2D eigenvalue weighted by Gasteiger charge is 2.79. The minimum atomic E-state index is -1.12. The van der Waals surface area contributed by atoms with Gasteiger partial charge in [0.2, 0.25) is 11.8 Å². The molecule has 2 bridgehead atoms. The van der Waals surface area contributed by atoms with E-state index < -0.39 is 41.1 Å². The van der Waals surface area contributed by atoms with Gasteiger partial charge < -0.3 is 24.4 Å². The van der Waals surface area contributed by atoms with Crippen molar-refractivity contribution in [1.29, 1.82) is 0 Å². The molecule has 196 valence electrons. The van der Waals surface area contributed by atoms with E-state index in [1.807, 2.05) is 26.8 Å². The normalized spacial score (nSPS) is 32.0. The van der Waals surface area contributed by atoms with Crippen molar-refractivity contribution in [3.05, 3.63) is 25.3 Å². The molecule has 6 atom stereocenters. The van der Waals surface area contributed by atoms with E-state index in [2.05, 4.69) is 13.2 Å². The second-order valence-electron chi connectivity index (χ2n) is 10.4. The van der Waals surface area contributed by atoms with Crippen LogP contribution in [0.15, 0.2) is 25.3 Å². The van der Waals surface area contributed by atoms with Crippen LogP contribution in [0.3, 0.4) is 0 Å². The number of carbonyl (C=O) groups excluding carboxylic acids is 3. The molecule has 3 aliphatic heterocycles. The molecule has 8 heteroatoms. The fraction of sp³-hybridized carbons (Fsp3) is 0.741. The van der Waals surface area contributed by atoms with E-state index in [1.54, 1.807) is 17.9 Å². The van der Waals surface area contributed by atoms with E-state index in [0.717, 1.165) is 12.8 Å². The summed E-state index contributed by atoms with van der Waals surface area (Å²) >= 11 is 0. The van der Waals surface area contributed by atoms with Crippen LogP contribution < -0.4 is 0 Å². The van der Waals surface area contributed by atoms with Crippen molar-refractivity contribution in [3.63, 3.8) is 0 Å². The van der Waals surface area contributed by atoms with Crippen molar-refractivity contribution in [2.75, 3.05) is 19.8 Å². The third-order valence-electron chi connectivity index (χ3n) is 8.12. The molecule has 0 aromatic heterocycles. The van der Waals surface area contributed by atoms with Crippen molar-refractivity contribution in [3.8, 4) is 0 Å². The van der Waals surface area contributed by atoms with Crippen LogP contribution in [0.4, 0.5) is 0 Å². The summed E-state index contributed by atoms with van der Waals surface area (Å²) in [6.45, 7) is 15.3. The van der Waals surface area contributed by atoms with Gasteiger partial charge in [0.25, 0.3) is 0 Å². The van der Waals surface area contributed by atoms with Gasteiger partial charge in [0.15, 0.2) is 0 Å². The Kier molecular flexibility index (Phi) is 8.48. The molecule has 0 saturated carbocycles.